The molecule has 27 heavy (non-hydrogen) atoms. The lowest BCUT2D eigenvalue weighted by Gasteiger charge is -2.29. The van der Waals surface area contributed by atoms with Crippen LogP contribution < -0.4 is 0 Å². The van der Waals surface area contributed by atoms with Gasteiger partial charge in [-0.1, -0.05) is 30.3 Å². The fourth-order valence-electron chi connectivity index (χ4n) is 2.98. The molecule has 8 nitrogen and oxygen atoms in total. The number of nitrogens with zero attached hydrogens (tertiary/aromatic N) is 1. The maximum Gasteiger partial charge on any atom is 0.417 e. The molecule has 0 unspecified atom stereocenters. The zero-order chi connectivity index (χ0) is 19.8. The number of hydrogen-bond acceptors (Lipinski definition) is 7. The highest BCUT2D eigenvalue weighted by Gasteiger charge is 2.44. The van der Waals surface area contributed by atoms with Crippen molar-refractivity contribution in [1.29, 1.82) is 0 Å². The van der Waals surface area contributed by atoms with Gasteiger partial charge in [0.2, 0.25) is 0 Å². The van der Waals surface area contributed by atoms with E-state index in [-0.39, 0.29) is 25.6 Å². The van der Waals surface area contributed by atoms with E-state index in [1.807, 2.05) is 30.3 Å². The van der Waals surface area contributed by atoms with Crippen molar-refractivity contribution in [1.82, 2.24) is 4.90 Å². The van der Waals surface area contributed by atoms with Crippen LogP contribution in [0.3, 0.4) is 0 Å². The van der Waals surface area contributed by atoms with Crippen LogP contribution in [0.25, 0.3) is 0 Å². The van der Waals surface area contributed by atoms with Crippen molar-refractivity contribution in [3.05, 3.63) is 35.9 Å². The van der Waals surface area contributed by atoms with Crippen LogP contribution in [0.15, 0.2) is 30.3 Å². The first-order chi connectivity index (χ1) is 13.0. The maximum atomic E-state index is 13.1. The molecule has 1 aromatic carbocycles. The zero-order valence-corrected chi connectivity index (χ0v) is 15.8. The van der Waals surface area contributed by atoms with Gasteiger partial charge in [0.15, 0.2) is 6.10 Å². The van der Waals surface area contributed by atoms with Crippen molar-refractivity contribution in [3.63, 3.8) is 0 Å². The van der Waals surface area contributed by atoms with E-state index >= 15 is 0 Å². The van der Waals surface area contributed by atoms with Crippen molar-refractivity contribution in [2.45, 2.75) is 38.0 Å². The van der Waals surface area contributed by atoms with E-state index in [9.17, 15) is 14.4 Å². The Kier molecular flexibility index (Phi) is 7.90. The van der Waals surface area contributed by atoms with Crippen LogP contribution in [0, 0.1) is 0 Å². The SMILES string of the molecule is COCO[C@H](C(=O)N1C(=O)OC[C@@H]1Cc1ccccc1)[C@@H](CC(C)=O)OC. The van der Waals surface area contributed by atoms with Gasteiger partial charge in [0.05, 0.1) is 12.1 Å². The summed E-state index contributed by atoms with van der Waals surface area (Å²) in [5.41, 5.74) is 0.972. The summed E-state index contributed by atoms with van der Waals surface area (Å²) in [4.78, 5) is 37.9. The van der Waals surface area contributed by atoms with Gasteiger partial charge in [-0.05, 0) is 18.9 Å². The first kappa shape index (κ1) is 21.0. The molecule has 1 heterocycles. The standard InChI is InChI=1S/C19H25NO7/c1-13(21)9-16(25-3)17(27-12-24-2)18(22)20-15(11-26-19(20)23)10-14-7-5-4-6-8-14/h4-8,15-17H,9-12H2,1-3H3/t15-,16+,17-/m0/s1. The molecule has 0 aromatic heterocycles. The fourth-order valence-corrected chi connectivity index (χ4v) is 2.98. The largest absolute Gasteiger partial charge is 0.447 e. The second-order valence-corrected chi connectivity index (χ2v) is 6.30. The van der Waals surface area contributed by atoms with Gasteiger partial charge < -0.3 is 18.9 Å². The first-order valence-corrected chi connectivity index (χ1v) is 8.64. The highest BCUT2D eigenvalue weighted by molar-refractivity contribution is 5.96. The Hall–Kier alpha value is -2.29. The number of rotatable bonds is 10. The molecule has 2 amide bonds. The maximum absolute atomic E-state index is 13.1. The van der Waals surface area contributed by atoms with Gasteiger partial charge in [-0.15, -0.1) is 0 Å². The van der Waals surface area contributed by atoms with E-state index in [0.29, 0.717) is 6.42 Å². The van der Waals surface area contributed by atoms with Crippen LogP contribution in [-0.4, -0.2) is 68.6 Å². The summed E-state index contributed by atoms with van der Waals surface area (Å²) >= 11 is 0. The molecule has 2 rings (SSSR count). The summed E-state index contributed by atoms with van der Waals surface area (Å²) in [5.74, 6) is -0.769. The summed E-state index contributed by atoms with van der Waals surface area (Å²) in [6, 6.07) is 9.03. The fraction of sp³-hybridized carbons (Fsp3) is 0.526. The predicted molar refractivity (Wildman–Crippen MR) is 95.0 cm³/mol. The Bertz CT molecular complexity index is 649. The minimum atomic E-state index is -1.16. The number of carbonyl (C=O) groups is 3. The lowest BCUT2D eigenvalue weighted by atomic mass is 10.0. The first-order valence-electron chi connectivity index (χ1n) is 8.64. The van der Waals surface area contributed by atoms with Crippen LogP contribution in [0.2, 0.25) is 0 Å². The minimum Gasteiger partial charge on any atom is -0.447 e. The highest BCUT2D eigenvalue weighted by Crippen LogP contribution is 2.21. The van der Waals surface area contributed by atoms with Gasteiger partial charge in [0, 0.05) is 20.6 Å². The number of imide groups is 1. The molecule has 0 spiro atoms. The van der Waals surface area contributed by atoms with E-state index in [0.717, 1.165) is 10.5 Å². The normalized spacial score (nSPS) is 18.9. The van der Waals surface area contributed by atoms with Crippen molar-refractivity contribution in [3.8, 4) is 0 Å². The van der Waals surface area contributed by atoms with E-state index in [1.54, 1.807) is 0 Å². The van der Waals surface area contributed by atoms with Crippen molar-refractivity contribution in [2.75, 3.05) is 27.6 Å². The van der Waals surface area contributed by atoms with Crippen LogP contribution in [0.5, 0.6) is 0 Å². The van der Waals surface area contributed by atoms with Gasteiger partial charge in [0.25, 0.3) is 5.91 Å². The Morgan fingerprint density at radius 3 is 2.56 bits per heavy atom. The van der Waals surface area contributed by atoms with Gasteiger partial charge in [-0.3, -0.25) is 9.59 Å². The number of benzene rings is 1. The summed E-state index contributed by atoms with van der Waals surface area (Å²) < 4.78 is 20.7. The van der Waals surface area contributed by atoms with Crippen molar-refractivity contribution < 1.29 is 33.3 Å². The molecular weight excluding hydrogens is 354 g/mol. The van der Waals surface area contributed by atoms with Crippen molar-refractivity contribution in [2.24, 2.45) is 0 Å². The molecule has 0 saturated carbocycles. The number of Topliss-reactive ketones (excluding diaryl/α,β-unsaturated/α-hetero) is 1. The lowest BCUT2D eigenvalue weighted by Crippen LogP contribution is -2.51. The molecule has 1 aromatic rings. The topological polar surface area (TPSA) is 91.4 Å². The van der Waals surface area contributed by atoms with E-state index in [1.165, 1.54) is 21.1 Å². The summed E-state index contributed by atoms with van der Waals surface area (Å²) in [5, 5.41) is 0. The number of ether oxygens (including phenoxy) is 4. The van der Waals surface area contributed by atoms with Crippen LogP contribution in [0.1, 0.15) is 18.9 Å². The molecule has 0 radical (unpaired) electrons. The average Bonchev–Trinajstić information content (AvgIpc) is 3.01. The number of cyclic esters (lactones) is 1. The van der Waals surface area contributed by atoms with Crippen LogP contribution in [0.4, 0.5) is 4.79 Å². The molecule has 0 aliphatic carbocycles. The summed E-state index contributed by atoms with van der Waals surface area (Å²) in [6.07, 6.45) is -2.30. The molecule has 1 aliphatic heterocycles. The number of hydrogen-bond donors (Lipinski definition) is 0. The van der Waals surface area contributed by atoms with Gasteiger partial charge in [-0.25, -0.2) is 9.69 Å². The number of methoxy groups -OCH3 is 2. The molecule has 1 aliphatic rings. The smallest absolute Gasteiger partial charge is 0.417 e. The van der Waals surface area contributed by atoms with Gasteiger partial charge in [-0.2, -0.15) is 0 Å². The molecule has 0 N–H and O–H groups in total. The number of ketones is 1. The van der Waals surface area contributed by atoms with Crippen LogP contribution in [-0.2, 0) is 35.0 Å². The predicted octanol–water partition coefficient (Wildman–Crippen LogP) is 1.56. The van der Waals surface area contributed by atoms with Crippen molar-refractivity contribution >= 4 is 17.8 Å². The Morgan fingerprint density at radius 2 is 1.96 bits per heavy atom. The third kappa shape index (κ3) is 5.59. The minimum absolute atomic E-state index is 0.0249. The Morgan fingerprint density at radius 1 is 1.26 bits per heavy atom. The monoisotopic (exact) mass is 379 g/mol. The van der Waals surface area contributed by atoms with Gasteiger partial charge >= 0.3 is 6.09 Å². The third-order valence-corrected chi connectivity index (χ3v) is 4.25. The second-order valence-electron chi connectivity index (χ2n) is 6.30. The molecule has 148 valence electrons. The highest BCUT2D eigenvalue weighted by atomic mass is 16.7. The Labute approximate surface area is 158 Å². The Balaban J connectivity index is 2.21. The quantitative estimate of drug-likeness (QED) is 0.570. The summed E-state index contributed by atoms with van der Waals surface area (Å²) in [6.45, 7) is 1.31. The zero-order valence-electron chi connectivity index (χ0n) is 15.8. The van der Waals surface area contributed by atoms with E-state index in [4.69, 9.17) is 18.9 Å². The average molecular weight is 379 g/mol. The molecular formula is C19H25NO7. The number of amides is 2. The second kappa shape index (κ2) is 10.1. The summed E-state index contributed by atoms with van der Waals surface area (Å²) in [7, 11) is 2.80. The van der Waals surface area contributed by atoms with Gasteiger partial charge in [0.1, 0.15) is 19.2 Å². The molecule has 1 fully saturated rings. The molecule has 0 bridgehead atoms. The third-order valence-electron chi connectivity index (χ3n) is 4.25. The lowest BCUT2D eigenvalue weighted by molar-refractivity contribution is -0.166. The van der Waals surface area contributed by atoms with Crippen LogP contribution >= 0.6 is 0 Å². The molecule has 1 saturated heterocycles. The van der Waals surface area contributed by atoms with E-state index in [2.05, 4.69) is 0 Å². The molecule has 3 atom stereocenters. The van der Waals surface area contributed by atoms with E-state index < -0.39 is 30.3 Å². The molecule has 8 heteroatoms. The number of carbonyl (C=O) groups excluding carboxylic acids is 3.